The van der Waals surface area contributed by atoms with Crippen LogP contribution >= 0.6 is 27.5 Å². The van der Waals surface area contributed by atoms with E-state index in [1.807, 2.05) is 0 Å². The molecular weight excluding hydrogens is 347 g/mol. The predicted octanol–water partition coefficient (Wildman–Crippen LogP) is 3.90. The summed E-state index contributed by atoms with van der Waals surface area (Å²) in [6.45, 7) is 0.312. The van der Waals surface area contributed by atoms with Crippen LogP contribution in [0.5, 0.6) is 0 Å². The minimum absolute atomic E-state index is 0.279. The van der Waals surface area contributed by atoms with Crippen LogP contribution in [0.25, 0.3) is 5.65 Å². The van der Waals surface area contributed by atoms with Gasteiger partial charge in [0.05, 0.1) is 5.02 Å². The average molecular weight is 356 g/mol. The van der Waals surface area contributed by atoms with Crippen molar-refractivity contribution in [3.05, 3.63) is 57.4 Å². The summed E-state index contributed by atoms with van der Waals surface area (Å²) in [5, 5.41) is 11.6. The van der Waals surface area contributed by atoms with E-state index in [9.17, 15) is 4.39 Å². The second-order valence-electron chi connectivity index (χ2n) is 4.19. The molecule has 0 spiro atoms. The van der Waals surface area contributed by atoms with Crippen molar-refractivity contribution in [2.45, 2.75) is 6.54 Å². The monoisotopic (exact) mass is 354 g/mol. The summed E-state index contributed by atoms with van der Waals surface area (Å²) in [5.74, 6) is 0.239. The maximum Gasteiger partial charge on any atom is 0.229 e. The number of fused-ring (bicyclic) bond motifs is 1. The minimum Gasteiger partial charge on any atom is -0.350 e. The first-order chi connectivity index (χ1) is 9.63. The number of hydrogen-bond donors (Lipinski definition) is 1. The maximum atomic E-state index is 13.7. The van der Waals surface area contributed by atoms with Gasteiger partial charge in [0.15, 0.2) is 5.65 Å². The number of pyridine rings is 1. The van der Waals surface area contributed by atoms with Crippen molar-refractivity contribution in [1.82, 2.24) is 14.6 Å². The molecule has 1 N–H and O–H groups in total. The fourth-order valence-electron chi connectivity index (χ4n) is 1.82. The lowest BCUT2D eigenvalue weighted by molar-refractivity contribution is 0.611. The molecule has 4 nitrogen and oxygen atoms in total. The molecule has 0 fully saturated rings. The fraction of sp³-hybridized carbons (Fsp3) is 0.0769. The highest BCUT2D eigenvalue weighted by molar-refractivity contribution is 9.10. The van der Waals surface area contributed by atoms with Crippen LogP contribution in [0.1, 0.15) is 5.56 Å². The fourth-order valence-corrected chi connectivity index (χ4v) is 2.32. The Bertz CT molecular complexity index is 774. The molecule has 0 saturated heterocycles. The molecule has 0 atom stereocenters. The molecule has 0 saturated carbocycles. The number of hydrogen-bond acceptors (Lipinski definition) is 3. The molecule has 0 amide bonds. The smallest absolute Gasteiger partial charge is 0.229 e. The molecule has 1 aromatic carbocycles. The standard InChI is InChI=1S/C13H9BrClFN4/c14-9-2-1-8(11(16)5-9)6-17-13-19-18-12-4-3-10(15)7-20(12)13/h1-5,7H,6H2,(H,17,19). The summed E-state index contributed by atoms with van der Waals surface area (Å²) in [4.78, 5) is 0. The first-order valence-corrected chi connectivity index (χ1v) is 6.99. The van der Waals surface area contributed by atoms with Crippen LogP contribution in [0.15, 0.2) is 41.0 Å². The van der Waals surface area contributed by atoms with E-state index >= 15 is 0 Å². The number of anilines is 1. The predicted molar refractivity (Wildman–Crippen MR) is 79.4 cm³/mol. The van der Waals surface area contributed by atoms with E-state index in [0.717, 1.165) is 0 Å². The van der Waals surface area contributed by atoms with Crippen molar-refractivity contribution in [1.29, 1.82) is 0 Å². The van der Waals surface area contributed by atoms with E-state index in [-0.39, 0.29) is 5.82 Å². The lowest BCUT2D eigenvalue weighted by Crippen LogP contribution is -2.05. The van der Waals surface area contributed by atoms with Gasteiger partial charge in [0.2, 0.25) is 5.95 Å². The molecule has 2 heterocycles. The molecule has 0 unspecified atom stereocenters. The first-order valence-electron chi connectivity index (χ1n) is 5.81. The van der Waals surface area contributed by atoms with E-state index in [4.69, 9.17) is 11.6 Å². The van der Waals surface area contributed by atoms with Crippen molar-refractivity contribution in [2.24, 2.45) is 0 Å². The van der Waals surface area contributed by atoms with Gasteiger partial charge in [-0.25, -0.2) is 4.39 Å². The summed E-state index contributed by atoms with van der Waals surface area (Å²) in [5.41, 5.74) is 1.22. The summed E-state index contributed by atoms with van der Waals surface area (Å²) < 4.78 is 16.2. The van der Waals surface area contributed by atoms with Gasteiger partial charge >= 0.3 is 0 Å². The average Bonchev–Trinajstić information content (AvgIpc) is 2.80. The molecule has 102 valence electrons. The number of aromatic nitrogens is 3. The maximum absolute atomic E-state index is 13.7. The Balaban J connectivity index is 1.85. The van der Waals surface area contributed by atoms with E-state index in [1.165, 1.54) is 6.07 Å². The van der Waals surface area contributed by atoms with Gasteiger partial charge in [-0.15, -0.1) is 10.2 Å². The summed E-state index contributed by atoms with van der Waals surface area (Å²) >= 11 is 9.16. The Kier molecular flexibility index (Phi) is 3.58. The van der Waals surface area contributed by atoms with Crippen molar-refractivity contribution in [2.75, 3.05) is 5.32 Å². The zero-order valence-electron chi connectivity index (χ0n) is 10.1. The van der Waals surface area contributed by atoms with Gasteiger partial charge in [0, 0.05) is 22.8 Å². The molecule has 3 aromatic rings. The largest absolute Gasteiger partial charge is 0.350 e. The third-order valence-corrected chi connectivity index (χ3v) is 3.54. The molecule has 0 bridgehead atoms. The SMILES string of the molecule is Fc1cc(Br)ccc1CNc1nnc2ccc(Cl)cn12. The third-order valence-electron chi connectivity index (χ3n) is 2.82. The summed E-state index contributed by atoms with van der Waals surface area (Å²) in [6, 6.07) is 8.43. The Labute approximate surface area is 127 Å². The van der Waals surface area contributed by atoms with Gasteiger partial charge in [0.1, 0.15) is 5.82 Å². The molecular formula is C13H9BrClFN4. The highest BCUT2D eigenvalue weighted by Gasteiger charge is 2.07. The molecule has 0 aliphatic heterocycles. The molecule has 0 radical (unpaired) electrons. The topological polar surface area (TPSA) is 42.2 Å². The number of nitrogens with zero attached hydrogens (tertiary/aromatic N) is 3. The van der Waals surface area contributed by atoms with Crippen LogP contribution in [0.3, 0.4) is 0 Å². The van der Waals surface area contributed by atoms with Crippen LogP contribution in [0.4, 0.5) is 10.3 Å². The van der Waals surface area contributed by atoms with Crippen molar-refractivity contribution in [3.63, 3.8) is 0 Å². The number of nitrogens with one attached hydrogen (secondary N) is 1. The number of halogens is 3. The van der Waals surface area contributed by atoms with E-state index in [2.05, 4.69) is 31.4 Å². The van der Waals surface area contributed by atoms with E-state index in [0.29, 0.717) is 33.2 Å². The van der Waals surface area contributed by atoms with Crippen LogP contribution in [0.2, 0.25) is 5.02 Å². The molecule has 0 aliphatic rings. The van der Waals surface area contributed by atoms with Crippen LogP contribution in [0, 0.1) is 5.82 Å². The summed E-state index contributed by atoms with van der Waals surface area (Å²) in [7, 11) is 0. The Morgan fingerprint density at radius 2 is 2.10 bits per heavy atom. The van der Waals surface area contributed by atoms with Crippen LogP contribution < -0.4 is 5.32 Å². The Hall–Kier alpha value is -1.66. The molecule has 0 aliphatic carbocycles. The third kappa shape index (κ3) is 2.62. The van der Waals surface area contributed by atoms with Crippen LogP contribution in [-0.4, -0.2) is 14.6 Å². The zero-order valence-corrected chi connectivity index (χ0v) is 12.5. The normalized spacial score (nSPS) is 10.9. The Morgan fingerprint density at radius 3 is 2.90 bits per heavy atom. The molecule has 2 aromatic heterocycles. The van der Waals surface area contributed by atoms with Gasteiger partial charge in [-0.05, 0) is 24.3 Å². The highest BCUT2D eigenvalue weighted by Crippen LogP contribution is 2.18. The van der Waals surface area contributed by atoms with Gasteiger partial charge in [0.25, 0.3) is 0 Å². The molecule has 3 rings (SSSR count). The first kappa shape index (κ1) is 13.3. The molecule has 7 heteroatoms. The van der Waals surface area contributed by atoms with E-state index in [1.54, 1.807) is 34.9 Å². The lowest BCUT2D eigenvalue weighted by atomic mass is 10.2. The van der Waals surface area contributed by atoms with Gasteiger partial charge < -0.3 is 5.32 Å². The van der Waals surface area contributed by atoms with Crippen molar-refractivity contribution in [3.8, 4) is 0 Å². The highest BCUT2D eigenvalue weighted by atomic mass is 79.9. The lowest BCUT2D eigenvalue weighted by Gasteiger charge is -2.06. The van der Waals surface area contributed by atoms with Crippen molar-refractivity contribution < 1.29 is 4.39 Å². The van der Waals surface area contributed by atoms with Gasteiger partial charge in [-0.3, -0.25) is 4.40 Å². The zero-order chi connectivity index (χ0) is 14.1. The second-order valence-corrected chi connectivity index (χ2v) is 5.54. The number of benzene rings is 1. The summed E-state index contributed by atoms with van der Waals surface area (Å²) in [6.07, 6.45) is 1.71. The second kappa shape index (κ2) is 5.38. The minimum atomic E-state index is -0.279. The molecule has 20 heavy (non-hydrogen) atoms. The quantitative estimate of drug-likeness (QED) is 0.775. The van der Waals surface area contributed by atoms with Gasteiger partial charge in [-0.2, -0.15) is 0 Å². The van der Waals surface area contributed by atoms with E-state index < -0.39 is 0 Å². The Morgan fingerprint density at radius 1 is 1.25 bits per heavy atom. The van der Waals surface area contributed by atoms with Crippen LogP contribution in [-0.2, 0) is 6.54 Å². The van der Waals surface area contributed by atoms with Crippen molar-refractivity contribution >= 4 is 39.1 Å². The number of rotatable bonds is 3. The van der Waals surface area contributed by atoms with Gasteiger partial charge in [-0.1, -0.05) is 33.6 Å².